The van der Waals surface area contributed by atoms with Crippen LogP contribution < -0.4 is 5.73 Å². The zero-order chi connectivity index (χ0) is 15.0. The Labute approximate surface area is 121 Å². The number of benzene rings is 1. The van der Waals surface area contributed by atoms with Gasteiger partial charge in [0.15, 0.2) is 5.54 Å². The minimum Gasteiger partial charge on any atom is -0.464 e. The molecule has 0 saturated heterocycles. The third-order valence-electron chi connectivity index (χ3n) is 3.22. The van der Waals surface area contributed by atoms with Gasteiger partial charge >= 0.3 is 5.97 Å². The van der Waals surface area contributed by atoms with Gasteiger partial charge in [-0.3, -0.25) is 0 Å². The van der Waals surface area contributed by atoms with E-state index in [1.54, 1.807) is 6.92 Å². The van der Waals surface area contributed by atoms with Gasteiger partial charge in [0.05, 0.1) is 19.3 Å². The Balaban J connectivity index is 2.88. The van der Waals surface area contributed by atoms with Gasteiger partial charge in [-0.15, -0.1) is 0 Å². The molecule has 2 N–H and O–H groups in total. The van der Waals surface area contributed by atoms with Crippen molar-refractivity contribution in [2.75, 3.05) is 13.2 Å². The highest BCUT2D eigenvalue weighted by Crippen LogP contribution is 2.21. The van der Waals surface area contributed by atoms with Crippen molar-refractivity contribution >= 4 is 5.97 Å². The third-order valence-corrected chi connectivity index (χ3v) is 3.22. The van der Waals surface area contributed by atoms with E-state index in [1.165, 1.54) is 0 Å². The Bertz CT molecular complexity index is 407. The van der Waals surface area contributed by atoms with E-state index in [-0.39, 0.29) is 12.7 Å². The molecule has 4 heteroatoms. The Morgan fingerprint density at radius 2 is 1.95 bits per heavy atom. The number of hydrogen-bond acceptors (Lipinski definition) is 4. The van der Waals surface area contributed by atoms with Crippen LogP contribution in [0, 0.1) is 0 Å². The van der Waals surface area contributed by atoms with Crippen LogP contribution in [0.5, 0.6) is 0 Å². The Kier molecular flexibility index (Phi) is 6.68. The summed E-state index contributed by atoms with van der Waals surface area (Å²) in [6, 6.07) is 9.24. The Hall–Kier alpha value is -1.39. The minimum absolute atomic E-state index is 0.0704. The second-order valence-electron chi connectivity index (χ2n) is 4.97. The van der Waals surface area contributed by atoms with Crippen LogP contribution >= 0.6 is 0 Å². The van der Waals surface area contributed by atoms with E-state index in [4.69, 9.17) is 15.2 Å². The average molecular weight is 279 g/mol. The molecule has 0 heterocycles. The first-order chi connectivity index (χ1) is 9.54. The molecule has 2 unspecified atom stereocenters. The van der Waals surface area contributed by atoms with E-state index >= 15 is 0 Å². The molecule has 1 rings (SSSR count). The van der Waals surface area contributed by atoms with Gasteiger partial charge in [0.2, 0.25) is 0 Å². The molecule has 0 amide bonds. The monoisotopic (exact) mass is 279 g/mol. The fourth-order valence-electron chi connectivity index (χ4n) is 2.02. The highest BCUT2D eigenvalue weighted by molar-refractivity contribution is 5.82. The highest BCUT2D eigenvalue weighted by Gasteiger charge is 2.38. The predicted octanol–water partition coefficient (Wildman–Crippen LogP) is 2.61. The number of rotatable bonds is 8. The van der Waals surface area contributed by atoms with E-state index in [2.05, 4.69) is 6.92 Å². The fraction of sp³-hybridized carbons (Fsp3) is 0.562. The number of hydrogen-bond donors (Lipinski definition) is 1. The zero-order valence-electron chi connectivity index (χ0n) is 12.6. The van der Waals surface area contributed by atoms with Gasteiger partial charge in [-0.25, -0.2) is 4.79 Å². The second-order valence-corrected chi connectivity index (χ2v) is 4.97. The summed E-state index contributed by atoms with van der Waals surface area (Å²) in [6.45, 7) is 6.27. The van der Waals surface area contributed by atoms with Crippen molar-refractivity contribution < 1.29 is 14.3 Å². The molecule has 4 nitrogen and oxygen atoms in total. The lowest BCUT2D eigenvalue weighted by molar-refractivity contribution is -0.153. The summed E-state index contributed by atoms with van der Waals surface area (Å²) in [7, 11) is 0. The topological polar surface area (TPSA) is 61.5 Å². The van der Waals surface area contributed by atoms with Crippen molar-refractivity contribution in [2.24, 2.45) is 5.73 Å². The SMILES string of the molecule is CCCC(C)OCC(N)(C(=O)OCC)c1ccccc1. The van der Waals surface area contributed by atoms with Crippen molar-refractivity contribution in [3.63, 3.8) is 0 Å². The molecule has 1 aromatic rings. The van der Waals surface area contributed by atoms with Crippen molar-refractivity contribution in [2.45, 2.75) is 45.3 Å². The van der Waals surface area contributed by atoms with Crippen LogP contribution in [-0.4, -0.2) is 25.3 Å². The van der Waals surface area contributed by atoms with Gasteiger partial charge in [-0.05, 0) is 25.8 Å². The standard InChI is InChI=1S/C16H25NO3/c1-4-9-13(3)20-12-16(17,15(18)19-5-2)14-10-7-6-8-11-14/h6-8,10-11,13H,4-5,9,12,17H2,1-3H3. The molecular weight excluding hydrogens is 254 g/mol. The molecule has 0 fully saturated rings. The second kappa shape index (κ2) is 8.02. The van der Waals surface area contributed by atoms with Gasteiger partial charge < -0.3 is 15.2 Å². The Morgan fingerprint density at radius 1 is 1.30 bits per heavy atom. The van der Waals surface area contributed by atoms with Gasteiger partial charge in [0.25, 0.3) is 0 Å². The summed E-state index contributed by atoms with van der Waals surface area (Å²) in [5.41, 5.74) is 5.75. The van der Waals surface area contributed by atoms with E-state index in [0.717, 1.165) is 12.8 Å². The largest absolute Gasteiger partial charge is 0.464 e. The molecular formula is C16H25NO3. The van der Waals surface area contributed by atoms with E-state index in [0.29, 0.717) is 12.2 Å². The van der Waals surface area contributed by atoms with Gasteiger partial charge in [0, 0.05) is 0 Å². The van der Waals surface area contributed by atoms with Gasteiger partial charge in [0.1, 0.15) is 0 Å². The summed E-state index contributed by atoms with van der Waals surface area (Å²) >= 11 is 0. The average Bonchev–Trinajstić information content (AvgIpc) is 2.46. The molecule has 2 atom stereocenters. The molecule has 0 bridgehead atoms. The molecule has 1 aromatic carbocycles. The lowest BCUT2D eigenvalue weighted by Crippen LogP contribution is -2.50. The maximum Gasteiger partial charge on any atom is 0.333 e. The first kappa shape index (κ1) is 16.7. The first-order valence-corrected chi connectivity index (χ1v) is 7.17. The van der Waals surface area contributed by atoms with Crippen LogP contribution in [0.2, 0.25) is 0 Å². The minimum atomic E-state index is -1.25. The quantitative estimate of drug-likeness (QED) is 0.743. The number of esters is 1. The summed E-state index contributed by atoms with van der Waals surface area (Å²) in [4.78, 5) is 12.2. The summed E-state index contributed by atoms with van der Waals surface area (Å²) < 4.78 is 10.9. The van der Waals surface area contributed by atoms with E-state index in [9.17, 15) is 4.79 Å². The van der Waals surface area contributed by atoms with Crippen LogP contribution in [-0.2, 0) is 19.8 Å². The maximum absolute atomic E-state index is 12.2. The summed E-state index contributed by atoms with van der Waals surface area (Å²) in [5, 5.41) is 0. The van der Waals surface area contributed by atoms with Gasteiger partial charge in [-0.2, -0.15) is 0 Å². The van der Waals surface area contributed by atoms with Crippen molar-refractivity contribution in [3.8, 4) is 0 Å². The predicted molar refractivity (Wildman–Crippen MR) is 79.3 cm³/mol. The van der Waals surface area contributed by atoms with Crippen LogP contribution in [0.15, 0.2) is 30.3 Å². The maximum atomic E-state index is 12.2. The molecule has 112 valence electrons. The lowest BCUT2D eigenvalue weighted by Gasteiger charge is -2.28. The van der Waals surface area contributed by atoms with Crippen molar-refractivity contribution in [3.05, 3.63) is 35.9 Å². The zero-order valence-corrected chi connectivity index (χ0v) is 12.6. The van der Waals surface area contributed by atoms with Crippen LogP contribution in [0.25, 0.3) is 0 Å². The van der Waals surface area contributed by atoms with Crippen LogP contribution in [0.3, 0.4) is 0 Å². The molecule has 0 spiro atoms. The van der Waals surface area contributed by atoms with E-state index in [1.807, 2.05) is 37.3 Å². The normalized spacial score (nSPS) is 15.4. The summed E-state index contributed by atoms with van der Waals surface area (Å²) in [6.07, 6.45) is 2.04. The van der Waals surface area contributed by atoms with Gasteiger partial charge in [-0.1, -0.05) is 43.7 Å². The fourth-order valence-corrected chi connectivity index (χ4v) is 2.02. The van der Waals surface area contributed by atoms with Crippen LogP contribution in [0.4, 0.5) is 0 Å². The number of carbonyl (C=O) groups excluding carboxylic acids is 1. The molecule has 0 aromatic heterocycles. The highest BCUT2D eigenvalue weighted by atomic mass is 16.5. The first-order valence-electron chi connectivity index (χ1n) is 7.17. The molecule has 0 aliphatic rings. The Morgan fingerprint density at radius 3 is 2.50 bits per heavy atom. The number of carbonyl (C=O) groups is 1. The van der Waals surface area contributed by atoms with Crippen molar-refractivity contribution in [1.82, 2.24) is 0 Å². The summed E-state index contributed by atoms with van der Waals surface area (Å²) in [5.74, 6) is -0.449. The molecule has 0 aliphatic carbocycles. The van der Waals surface area contributed by atoms with Crippen LogP contribution in [0.1, 0.15) is 39.2 Å². The molecule has 0 radical (unpaired) electrons. The number of nitrogens with two attached hydrogens (primary N) is 1. The molecule has 20 heavy (non-hydrogen) atoms. The van der Waals surface area contributed by atoms with E-state index < -0.39 is 11.5 Å². The third kappa shape index (κ3) is 4.32. The molecule has 0 saturated carbocycles. The van der Waals surface area contributed by atoms with Crippen molar-refractivity contribution in [1.29, 1.82) is 0 Å². The number of ether oxygens (including phenoxy) is 2. The molecule has 0 aliphatic heterocycles. The lowest BCUT2D eigenvalue weighted by atomic mass is 9.92. The smallest absolute Gasteiger partial charge is 0.333 e.